The lowest BCUT2D eigenvalue weighted by Gasteiger charge is -2.24. The maximum atomic E-state index is 12.9. The van der Waals surface area contributed by atoms with Crippen LogP contribution < -0.4 is 0 Å². The summed E-state index contributed by atoms with van der Waals surface area (Å²) in [4.78, 5) is 14.8. The molecule has 1 aliphatic heterocycles. The first-order chi connectivity index (χ1) is 12.8. The van der Waals surface area contributed by atoms with Gasteiger partial charge in [-0.1, -0.05) is 35.5 Å². The quantitative estimate of drug-likeness (QED) is 0.715. The van der Waals surface area contributed by atoms with E-state index in [2.05, 4.69) is 23.4 Å². The zero-order valence-corrected chi connectivity index (χ0v) is 14.1. The third-order valence-corrected chi connectivity index (χ3v) is 4.73. The number of carbonyl (C=O) groups is 1. The molecular weight excluding hydrogens is 326 g/mol. The van der Waals surface area contributed by atoms with Crippen LogP contribution in [-0.2, 0) is 0 Å². The van der Waals surface area contributed by atoms with Gasteiger partial charge >= 0.3 is 0 Å². The van der Waals surface area contributed by atoms with Crippen LogP contribution in [0.5, 0.6) is 0 Å². The molecule has 0 bridgehead atoms. The van der Waals surface area contributed by atoms with Crippen molar-refractivity contribution < 1.29 is 9.32 Å². The monoisotopic (exact) mass is 343 g/mol. The van der Waals surface area contributed by atoms with Crippen LogP contribution >= 0.6 is 0 Å². The Bertz CT molecular complexity index is 955. The first-order valence-electron chi connectivity index (χ1n) is 8.59. The highest BCUT2D eigenvalue weighted by Gasteiger charge is 2.32. The fourth-order valence-electron chi connectivity index (χ4n) is 3.40. The van der Waals surface area contributed by atoms with E-state index in [1.807, 2.05) is 23.1 Å². The number of nitrogens with zero attached hydrogens (tertiary/aromatic N) is 3. The fourth-order valence-corrected chi connectivity index (χ4v) is 3.40. The van der Waals surface area contributed by atoms with E-state index in [1.165, 1.54) is 0 Å². The van der Waals surface area contributed by atoms with E-state index >= 15 is 0 Å². The molecule has 0 radical (unpaired) electrons. The zero-order valence-electron chi connectivity index (χ0n) is 14.1. The molecule has 0 N–H and O–H groups in total. The molecule has 0 saturated carbocycles. The van der Waals surface area contributed by atoms with Crippen molar-refractivity contribution >= 4 is 5.91 Å². The maximum absolute atomic E-state index is 12.9. The average molecular weight is 343 g/mol. The number of rotatable bonds is 3. The van der Waals surface area contributed by atoms with Gasteiger partial charge in [0.25, 0.3) is 5.91 Å². The number of carbonyl (C=O) groups excluding carboxylic acids is 1. The van der Waals surface area contributed by atoms with Gasteiger partial charge in [-0.3, -0.25) is 4.79 Å². The number of hydrogen-bond donors (Lipinski definition) is 0. The van der Waals surface area contributed by atoms with Crippen molar-refractivity contribution in [3.05, 3.63) is 77.5 Å². The third-order valence-electron chi connectivity index (χ3n) is 4.73. The van der Waals surface area contributed by atoms with Gasteiger partial charge in [-0.15, -0.1) is 0 Å². The van der Waals surface area contributed by atoms with Crippen LogP contribution in [0.3, 0.4) is 0 Å². The molecule has 128 valence electrons. The Labute approximate surface area is 151 Å². The molecule has 0 unspecified atom stereocenters. The highest BCUT2D eigenvalue weighted by Crippen LogP contribution is 2.33. The number of amides is 1. The second-order valence-corrected chi connectivity index (χ2v) is 6.33. The van der Waals surface area contributed by atoms with E-state index in [9.17, 15) is 4.79 Å². The lowest BCUT2D eigenvalue weighted by atomic mass is 10.0. The van der Waals surface area contributed by atoms with Crippen LogP contribution in [0.4, 0.5) is 0 Å². The molecule has 4 rings (SSSR count). The van der Waals surface area contributed by atoms with Crippen LogP contribution in [-0.4, -0.2) is 22.5 Å². The largest absolute Gasteiger partial charge is 0.355 e. The molecule has 3 aromatic rings. The van der Waals surface area contributed by atoms with Crippen molar-refractivity contribution in [1.29, 1.82) is 5.26 Å². The van der Waals surface area contributed by atoms with E-state index < -0.39 is 0 Å². The molecule has 0 spiro atoms. The van der Waals surface area contributed by atoms with E-state index in [0.29, 0.717) is 17.0 Å². The summed E-state index contributed by atoms with van der Waals surface area (Å²) in [7, 11) is 0. The van der Waals surface area contributed by atoms with Gasteiger partial charge in [0.15, 0.2) is 11.5 Å². The predicted octanol–water partition coefficient (Wildman–Crippen LogP) is 4.19. The fraction of sp³-hybridized carbons (Fsp3) is 0.190. The first-order valence-corrected chi connectivity index (χ1v) is 8.59. The Balaban J connectivity index is 1.57. The Morgan fingerprint density at radius 3 is 2.65 bits per heavy atom. The van der Waals surface area contributed by atoms with Gasteiger partial charge in [0.1, 0.15) is 0 Å². The van der Waals surface area contributed by atoms with Crippen LogP contribution in [0, 0.1) is 11.3 Å². The van der Waals surface area contributed by atoms with Crippen molar-refractivity contribution in [3.8, 4) is 17.4 Å². The Morgan fingerprint density at radius 1 is 1.15 bits per heavy atom. The molecule has 1 atom stereocenters. The van der Waals surface area contributed by atoms with Crippen molar-refractivity contribution in [2.45, 2.75) is 18.9 Å². The van der Waals surface area contributed by atoms with Gasteiger partial charge in [-0.2, -0.15) is 5.26 Å². The van der Waals surface area contributed by atoms with Crippen LogP contribution in [0.1, 0.15) is 40.5 Å². The maximum Gasteiger partial charge on any atom is 0.276 e. The smallest absolute Gasteiger partial charge is 0.276 e. The normalized spacial score (nSPS) is 16.4. The molecule has 26 heavy (non-hydrogen) atoms. The van der Waals surface area contributed by atoms with Gasteiger partial charge in [-0.25, -0.2) is 0 Å². The van der Waals surface area contributed by atoms with E-state index in [-0.39, 0.29) is 11.9 Å². The van der Waals surface area contributed by atoms with Crippen molar-refractivity contribution in [3.63, 3.8) is 0 Å². The summed E-state index contributed by atoms with van der Waals surface area (Å²) in [5.74, 6) is 0.410. The number of hydrogen-bond acceptors (Lipinski definition) is 4. The molecule has 5 nitrogen and oxygen atoms in total. The van der Waals surface area contributed by atoms with Crippen molar-refractivity contribution in [2.24, 2.45) is 0 Å². The van der Waals surface area contributed by atoms with Gasteiger partial charge in [0.2, 0.25) is 0 Å². The molecule has 1 saturated heterocycles. The minimum Gasteiger partial charge on any atom is -0.355 e. The first kappa shape index (κ1) is 16.1. The summed E-state index contributed by atoms with van der Waals surface area (Å²) in [6, 6.07) is 20.9. The summed E-state index contributed by atoms with van der Waals surface area (Å²) in [5, 5.41) is 12.9. The molecule has 1 amide bonds. The molecule has 0 aliphatic carbocycles. The summed E-state index contributed by atoms with van der Waals surface area (Å²) in [6.45, 7) is 0.720. The lowest BCUT2D eigenvalue weighted by molar-refractivity contribution is 0.0725. The van der Waals surface area contributed by atoms with E-state index in [0.717, 1.165) is 30.5 Å². The van der Waals surface area contributed by atoms with Crippen molar-refractivity contribution in [1.82, 2.24) is 10.1 Å². The molecule has 1 aliphatic rings. The number of nitriles is 1. The minimum absolute atomic E-state index is 0.0822. The molecule has 1 aromatic heterocycles. The molecular formula is C21H17N3O2. The second-order valence-electron chi connectivity index (χ2n) is 6.33. The zero-order chi connectivity index (χ0) is 17.9. The van der Waals surface area contributed by atoms with E-state index in [4.69, 9.17) is 9.78 Å². The third kappa shape index (κ3) is 2.98. The molecule has 1 fully saturated rings. The predicted molar refractivity (Wildman–Crippen MR) is 96.1 cm³/mol. The Hall–Kier alpha value is -3.39. The molecule has 2 heterocycles. The van der Waals surface area contributed by atoms with Gasteiger partial charge in [-0.05, 0) is 42.7 Å². The SMILES string of the molecule is N#Cc1ccc(-c2cc(C(=O)N3CCC[C@H]3c3ccccc3)no2)cc1. The van der Waals surface area contributed by atoms with Gasteiger partial charge < -0.3 is 9.42 Å². The standard InChI is InChI=1S/C21H17N3O2/c22-14-15-8-10-17(11-9-15)20-13-18(23-26-20)21(25)24-12-4-7-19(24)16-5-2-1-3-6-16/h1-3,5-6,8-11,13,19H,4,7,12H2/t19-/m0/s1. The van der Waals surface area contributed by atoms with Crippen molar-refractivity contribution in [2.75, 3.05) is 6.54 Å². The Kier molecular flexibility index (Phi) is 4.24. The van der Waals surface area contributed by atoms with Gasteiger partial charge in [0.05, 0.1) is 17.7 Å². The Morgan fingerprint density at radius 2 is 1.92 bits per heavy atom. The highest BCUT2D eigenvalue weighted by atomic mass is 16.5. The van der Waals surface area contributed by atoms with Crippen LogP contribution in [0.15, 0.2) is 65.2 Å². The average Bonchev–Trinajstić information content (AvgIpc) is 3.38. The number of benzene rings is 2. The number of likely N-dealkylation sites (tertiary alicyclic amines) is 1. The van der Waals surface area contributed by atoms with Crippen LogP contribution in [0.2, 0.25) is 0 Å². The van der Waals surface area contributed by atoms with E-state index in [1.54, 1.807) is 30.3 Å². The molecule has 2 aromatic carbocycles. The lowest BCUT2D eigenvalue weighted by Crippen LogP contribution is -2.30. The molecule has 5 heteroatoms. The van der Waals surface area contributed by atoms with Gasteiger partial charge in [0, 0.05) is 18.2 Å². The summed E-state index contributed by atoms with van der Waals surface area (Å²) >= 11 is 0. The summed E-state index contributed by atoms with van der Waals surface area (Å²) in [6.07, 6.45) is 1.93. The van der Waals surface area contributed by atoms with Crippen LogP contribution in [0.25, 0.3) is 11.3 Å². The topological polar surface area (TPSA) is 70.1 Å². The summed E-state index contributed by atoms with van der Waals surface area (Å²) in [5.41, 5.74) is 2.82. The summed E-state index contributed by atoms with van der Waals surface area (Å²) < 4.78 is 5.37. The highest BCUT2D eigenvalue weighted by molar-refractivity contribution is 5.93. The minimum atomic E-state index is -0.111. The second kappa shape index (κ2) is 6.85. The number of aromatic nitrogens is 1.